The lowest BCUT2D eigenvalue weighted by Gasteiger charge is -2.15. The zero-order chi connectivity index (χ0) is 10.3. The molecule has 0 atom stereocenters. The first kappa shape index (κ1) is 12.3. The first-order chi connectivity index (χ1) is 5.98. The summed E-state index contributed by atoms with van der Waals surface area (Å²) in [6.45, 7) is 11.6. The van der Waals surface area contributed by atoms with Crippen molar-refractivity contribution in [1.29, 1.82) is 0 Å². The molecule has 0 aromatic carbocycles. The summed E-state index contributed by atoms with van der Waals surface area (Å²) in [6.07, 6.45) is 4.67. The van der Waals surface area contributed by atoms with Crippen LogP contribution in [0.25, 0.3) is 0 Å². The van der Waals surface area contributed by atoms with E-state index in [2.05, 4.69) is 44.6 Å². The van der Waals surface area contributed by atoms with Crippen LogP contribution in [0.2, 0.25) is 0 Å². The van der Waals surface area contributed by atoms with E-state index in [1.165, 1.54) is 0 Å². The molecule has 2 nitrogen and oxygen atoms in total. The molecule has 0 radical (unpaired) electrons. The standard InChI is InChI=1S/C11H22N2/c1-6-11(4,5)13-8-7-12-9-10(2)3/h7-8,10H,6,9H2,1-5H3. The van der Waals surface area contributed by atoms with Crippen LogP contribution < -0.4 is 0 Å². The fourth-order valence-corrected chi connectivity index (χ4v) is 0.645. The minimum absolute atomic E-state index is 0.0594. The number of aliphatic imine (C=N–C) groups is 2. The maximum atomic E-state index is 4.40. The van der Waals surface area contributed by atoms with E-state index in [0.29, 0.717) is 5.92 Å². The lowest BCUT2D eigenvalue weighted by molar-refractivity contribution is 0.508. The Morgan fingerprint density at radius 3 is 2.31 bits per heavy atom. The van der Waals surface area contributed by atoms with Gasteiger partial charge in [0.2, 0.25) is 0 Å². The van der Waals surface area contributed by atoms with Crippen LogP contribution in [0.1, 0.15) is 41.0 Å². The van der Waals surface area contributed by atoms with Crippen LogP contribution >= 0.6 is 0 Å². The van der Waals surface area contributed by atoms with Crippen molar-refractivity contribution in [1.82, 2.24) is 0 Å². The molecule has 0 bridgehead atoms. The Morgan fingerprint density at radius 2 is 1.85 bits per heavy atom. The fourth-order valence-electron chi connectivity index (χ4n) is 0.645. The average molecular weight is 182 g/mol. The second-order valence-corrected chi connectivity index (χ2v) is 4.35. The van der Waals surface area contributed by atoms with Gasteiger partial charge in [0.1, 0.15) is 0 Å². The lowest BCUT2D eigenvalue weighted by atomic mass is 10.0. The molecule has 0 rings (SSSR count). The third kappa shape index (κ3) is 7.69. The lowest BCUT2D eigenvalue weighted by Crippen LogP contribution is -2.14. The smallest absolute Gasteiger partial charge is 0.0550 e. The van der Waals surface area contributed by atoms with E-state index in [0.717, 1.165) is 13.0 Å². The van der Waals surface area contributed by atoms with E-state index in [9.17, 15) is 0 Å². The Balaban J connectivity index is 3.80. The summed E-state index contributed by atoms with van der Waals surface area (Å²) in [5.74, 6) is 0.629. The van der Waals surface area contributed by atoms with Crippen LogP contribution in [0.4, 0.5) is 0 Å². The van der Waals surface area contributed by atoms with Gasteiger partial charge in [0.25, 0.3) is 0 Å². The van der Waals surface area contributed by atoms with Crippen molar-refractivity contribution in [2.24, 2.45) is 15.9 Å². The van der Waals surface area contributed by atoms with Gasteiger partial charge in [-0.2, -0.15) is 0 Å². The molecule has 76 valence electrons. The van der Waals surface area contributed by atoms with Gasteiger partial charge >= 0.3 is 0 Å². The summed E-state index contributed by atoms with van der Waals surface area (Å²) >= 11 is 0. The predicted octanol–water partition coefficient (Wildman–Crippen LogP) is 2.97. The quantitative estimate of drug-likeness (QED) is 0.584. The van der Waals surface area contributed by atoms with Gasteiger partial charge in [-0.1, -0.05) is 20.8 Å². The van der Waals surface area contributed by atoms with Crippen molar-refractivity contribution in [3.05, 3.63) is 0 Å². The Kier molecular flexibility index (Phi) is 5.60. The summed E-state index contributed by atoms with van der Waals surface area (Å²) < 4.78 is 0. The SMILES string of the molecule is CCC(C)(C)N=CC=NCC(C)C. The van der Waals surface area contributed by atoms with Crippen molar-refractivity contribution >= 4 is 12.4 Å². The molecule has 0 amide bonds. The van der Waals surface area contributed by atoms with E-state index >= 15 is 0 Å². The Morgan fingerprint density at radius 1 is 1.23 bits per heavy atom. The van der Waals surface area contributed by atoms with Gasteiger partial charge in [0, 0.05) is 19.0 Å². The van der Waals surface area contributed by atoms with Gasteiger partial charge in [-0.05, 0) is 26.2 Å². The highest BCUT2D eigenvalue weighted by Gasteiger charge is 2.09. The normalized spacial score (nSPS) is 13.7. The summed E-state index contributed by atoms with van der Waals surface area (Å²) in [4.78, 5) is 8.63. The average Bonchev–Trinajstić information content (AvgIpc) is 2.03. The maximum Gasteiger partial charge on any atom is 0.0550 e. The van der Waals surface area contributed by atoms with Crippen molar-refractivity contribution in [3.63, 3.8) is 0 Å². The summed E-state index contributed by atoms with van der Waals surface area (Å²) in [6, 6.07) is 0. The van der Waals surface area contributed by atoms with Crippen LogP contribution in [0.5, 0.6) is 0 Å². The number of hydrogen-bond acceptors (Lipinski definition) is 2. The van der Waals surface area contributed by atoms with Gasteiger partial charge < -0.3 is 0 Å². The third-order valence-corrected chi connectivity index (χ3v) is 1.93. The number of hydrogen-bond donors (Lipinski definition) is 0. The molecule has 0 saturated carbocycles. The summed E-state index contributed by atoms with van der Waals surface area (Å²) in [5.41, 5.74) is 0.0594. The Hall–Kier alpha value is -0.660. The van der Waals surface area contributed by atoms with E-state index in [-0.39, 0.29) is 5.54 Å². The Labute approximate surface area is 82.2 Å². The van der Waals surface area contributed by atoms with Crippen molar-refractivity contribution < 1.29 is 0 Å². The number of rotatable bonds is 5. The fraction of sp³-hybridized carbons (Fsp3) is 0.818. The molecule has 0 unspecified atom stereocenters. The molecular weight excluding hydrogens is 160 g/mol. The molecule has 2 heteroatoms. The minimum atomic E-state index is 0.0594. The highest BCUT2D eigenvalue weighted by molar-refractivity contribution is 6.16. The monoisotopic (exact) mass is 182 g/mol. The molecule has 0 aliphatic carbocycles. The van der Waals surface area contributed by atoms with Gasteiger partial charge in [-0.25, -0.2) is 0 Å². The van der Waals surface area contributed by atoms with Crippen LogP contribution in [0, 0.1) is 5.92 Å². The number of nitrogens with zero attached hydrogens (tertiary/aromatic N) is 2. The van der Waals surface area contributed by atoms with Gasteiger partial charge in [-0.3, -0.25) is 9.98 Å². The molecule has 0 aromatic heterocycles. The minimum Gasteiger partial charge on any atom is -0.291 e. The van der Waals surface area contributed by atoms with E-state index in [1.807, 2.05) is 6.21 Å². The van der Waals surface area contributed by atoms with Gasteiger partial charge in [0.05, 0.1) is 5.54 Å². The van der Waals surface area contributed by atoms with Crippen molar-refractivity contribution in [2.75, 3.05) is 6.54 Å². The van der Waals surface area contributed by atoms with Crippen molar-refractivity contribution in [3.8, 4) is 0 Å². The highest BCUT2D eigenvalue weighted by Crippen LogP contribution is 2.11. The summed E-state index contributed by atoms with van der Waals surface area (Å²) in [7, 11) is 0. The van der Waals surface area contributed by atoms with Crippen LogP contribution in [0.15, 0.2) is 9.98 Å². The molecule has 0 N–H and O–H groups in total. The predicted molar refractivity (Wildman–Crippen MR) is 61.1 cm³/mol. The van der Waals surface area contributed by atoms with Crippen molar-refractivity contribution in [2.45, 2.75) is 46.6 Å². The van der Waals surface area contributed by atoms with Gasteiger partial charge in [0.15, 0.2) is 0 Å². The second-order valence-electron chi connectivity index (χ2n) is 4.35. The molecule has 0 aliphatic rings. The second kappa shape index (κ2) is 5.90. The van der Waals surface area contributed by atoms with Gasteiger partial charge in [-0.15, -0.1) is 0 Å². The summed E-state index contributed by atoms with van der Waals surface area (Å²) in [5, 5.41) is 0. The van der Waals surface area contributed by atoms with E-state index in [1.54, 1.807) is 6.21 Å². The molecule has 0 fully saturated rings. The topological polar surface area (TPSA) is 24.7 Å². The molecule has 13 heavy (non-hydrogen) atoms. The first-order valence-electron chi connectivity index (χ1n) is 5.01. The van der Waals surface area contributed by atoms with E-state index < -0.39 is 0 Å². The zero-order valence-corrected chi connectivity index (χ0v) is 9.54. The first-order valence-corrected chi connectivity index (χ1v) is 5.01. The highest BCUT2D eigenvalue weighted by atomic mass is 14.8. The molecular formula is C11H22N2. The Bertz CT molecular complexity index is 179. The molecule has 0 saturated heterocycles. The van der Waals surface area contributed by atoms with Crippen LogP contribution in [-0.4, -0.2) is 24.5 Å². The molecule has 0 spiro atoms. The maximum absolute atomic E-state index is 4.40. The molecule has 0 aliphatic heterocycles. The largest absolute Gasteiger partial charge is 0.291 e. The van der Waals surface area contributed by atoms with E-state index in [4.69, 9.17) is 0 Å². The van der Waals surface area contributed by atoms with Crippen LogP contribution in [0.3, 0.4) is 0 Å². The van der Waals surface area contributed by atoms with Crippen LogP contribution in [-0.2, 0) is 0 Å². The third-order valence-electron chi connectivity index (χ3n) is 1.93. The molecule has 0 heterocycles. The zero-order valence-electron chi connectivity index (χ0n) is 9.54. The molecule has 0 aromatic rings.